The van der Waals surface area contributed by atoms with Gasteiger partial charge in [0, 0.05) is 0 Å². The highest BCUT2D eigenvalue weighted by atomic mass is 35.5. The smallest absolute Gasteiger partial charge is 0.275 e. The van der Waals surface area contributed by atoms with Crippen LogP contribution in [0.15, 0.2) is 6.20 Å². The van der Waals surface area contributed by atoms with Crippen LogP contribution in [0, 0.1) is 10.1 Å². The van der Waals surface area contributed by atoms with Gasteiger partial charge in [0.15, 0.2) is 0 Å². The van der Waals surface area contributed by atoms with Crippen molar-refractivity contribution in [1.82, 2.24) is 4.98 Å². The van der Waals surface area contributed by atoms with E-state index in [0.717, 1.165) is 0 Å². The Hall–Kier alpha value is -1.34. The van der Waals surface area contributed by atoms with Crippen LogP contribution in [0.25, 0.3) is 0 Å². The second-order valence-corrected chi connectivity index (χ2v) is 3.26. The summed E-state index contributed by atoms with van der Waals surface area (Å²) in [5, 5.41) is 8.41. The van der Waals surface area contributed by atoms with Crippen LogP contribution in [0.2, 0.25) is 5.15 Å². The number of carbonyl (C=O) groups is 1. The maximum atomic E-state index is 12.5. The first kappa shape index (κ1) is 12.7. The van der Waals surface area contributed by atoms with Gasteiger partial charge in [0.05, 0.1) is 10.5 Å². The molecule has 5 nitrogen and oxygen atoms in total. The largest absolute Gasteiger partial charge is 0.300 e. The molecule has 1 rings (SSSR count). The third-order valence-electron chi connectivity index (χ3n) is 1.66. The molecular weight excluding hydrogens is 269 g/mol. The number of halogens is 4. The van der Waals surface area contributed by atoms with Crippen molar-refractivity contribution >= 4 is 34.1 Å². The van der Waals surface area contributed by atoms with Crippen molar-refractivity contribution in [3.8, 4) is 0 Å². The molecule has 0 fully saturated rings. The third-order valence-corrected chi connectivity index (χ3v) is 2.15. The Kier molecular flexibility index (Phi) is 3.71. The molecule has 0 bridgehead atoms. The van der Waals surface area contributed by atoms with E-state index in [9.17, 15) is 23.7 Å². The summed E-state index contributed by atoms with van der Waals surface area (Å²) >= 11 is 10.3. The monoisotopic (exact) mass is 270 g/mol. The van der Waals surface area contributed by atoms with Gasteiger partial charge in [0.25, 0.3) is 17.4 Å². The Morgan fingerprint density at radius 3 is 2.50 bits per heavy atom. The number of rotatable bonds is 3. The van der Waals surface area contributed by atoms with Crippen molar-refractivity contribution in [2.24, 2.45) is 0 Å². The molecule has 16 heavy (non-hydrogen) atoms. The lowest BCUT2D eigenvalue weighted by atomic mass is 10.1. The van der Waals surface area contributed by atoms with Gasteiger partial charge < -0.3 is 0 Å². The highest BCUT2D eigenvalue weighted by Crippen LogP contribution is 2.34. The number of carbonyl (C=O) groups excluding carboxylic acids is 1. The van der Waals surface area contributed by atoms with Crippen molar-refractivity contribution < 1.29 is 18.5 Å². The van der Waals surface area contributed by atoms with Crippen molar-refractivity contribution in [2.75, 3.05) is 0 Å². The fourth-order valence-electron chi connectivity index (χ4n) is 1.04. The number of hydrogen-bond acceptors (Lipinski definition) is 4. The normalized spacial score (nSPS) is 10.6. The number of pyridine rings is 1. The molecule has 0 radical (unpaired) electrons. The lowest BCUT2D eigenvalue weighted by molar-refractivity contribution is -0.385. The first-order chi connectivity index (χ1) is 7.36. The highest BCUT2D eigenvalue weighted by molar-refractivity contribution is 6.68. The Labute approximate surface area is 97.1 Å². The van der Waals surface area contributed by atoms with Crippen LogP contribution in [0.1, 0.15) is 22.3 Å². The van der Waals surface area contributed by atoms with E-state index >= 15 is 0 Å². The van der Waals surface area contributed by atoms with Gasteiger partial charge in [-0.3, -0.25) is 14.9 Å². The molecule has 0 unspecified atom stereocenters. The Morgan fingerprint density at radius 1 is 1.56 bits per heavy atom. The van der Waals surface area contributed by atoms with Gasteiger partial charge >= 0.3 is 0 Å². The van der Waals surface area contributed by atoms with Crippen LogP contribution >= 0.6 is 23.2 Å². The van der Waals surface area contributed by atoms with Gasteiger partial charge in [-0.05, 0) is 11.6 Å². The number of hydrogen-bond donors (Lipinski definition) is 0. The first-order valence-corrected chi connectivity index (χ1v) is 4.42. The quantitative estimate of drug-likeness (QED) is 0.366. The molecule has 0 atom stereocenters. The summed E-state index contributed by atoms with van der Waals surface area (Å²) in [5.74, 6) is 0. The zero-order valence-corrected chi connectivity index (χ0v) is 8.80. The molecule has 1 aromatic rings. The van der Waals surface area contributed by atoms with Crippen molar-refractivity contribution in [1.29, 1.82) is 0 Å². The van der Waals surface area contributed by atoms with E-state index in [0.29, 0.717) is 6.20 Å². The SMILES string of the molecule is O=C(Cl)c1c([N+](=O)[O-])cnc(Cl)c1C(F)F. The van der Waals surface area contributed by atoms with E-state index < -0.39 is 38.6 Å². The molecule has 1 heterocycles. The zero-order chi connectivity index (χ0) is 12.5. The average Bonchev–Trinajstić information content (AvgIpc) is 2.15. The van der Waals surface area contributed by atoms with E-state index in [1.165, 1.54) is 0 Å². The fourth-order valence-corrected chi connectivity index (χ4v) is 1.46. The van der Waals surface area contributed by atoms with Gasteiger partial charge in [-0.2, -0.15) is 0 Å². The minimum atomic E-state index is -3.18. The van der Waals surface area contributed by atoms with Crippen LogP contribution in [0.3, 0.4) is 0 Å². The average molecular weight is 271 g/mol. The predicted octanol–water partition coefficient (Wildman–Crippen LogP) is 2.96. The fraction of sp³-hybridized carbons (Fsp3) is 0.143. The van der Waals surface area contributed by atoms with E-state index in [4.69, 9.17) is 23.2 Å². The second-order valence-electron chi connectivity index (χ2n) is 2.55. The van der Waals surface area contributed by atoms with Gasteiger partial charge in [-0.15, -0.1) is 0 Å². The Balaban J connectivity index is 3.63. The standard InChI is InChI=1S/C7H2Cl2F2N2O3/c8-5-4(7(10)11)3(6(9)14)2(1-12-5)13(15)16/h1,7H. The molecule has 9 heteroatoms. The highest BCUT2D eigenvalue weighted by Gasteiger charge is 2.30. The Morgan fingerprint density at radius 2 is 2.12 bits per heavy atom. The van der Waals surface area contributed by atoms with Gasteiger partial charge in [-0.1, -0.05) is 11.6 Å². The van der Waals surface area contributed by atoms with E-state index in [2.05, 4.69) is 4.98 Å². The van der Waals surface area contributed by atoms with Gasteiger partial charge in [0.2, 0.25) is 0 Å². The van der Waals surface area contributed by atoms with Crippen LogP contribution in [-0.4, -0.2) is 15.1 Å². The lowest BCUT2D eigenvalue weighted by Crippen LogP contribution is -2.06. The molecule has 0 saturated carbocycles. The molecule has 0 amide bonds. The van der Waals surface area contributed by atoms with Crippen molar-refractivity contribution in [3.63, 3.8) is 0 Å². The summed E-state index contributed by atoms with van der Waals surface area (Å²) in [5.41, 5.74) is -2.86. The van der Waals surface area contributed by atoms with E-state index in [-0.39, 0.29) is 0 Å². The summed E-state index contributed by atoms with van der Waals surface area (Å²) in [6.45, 7) is 0. The molecule has 0 aliphatic carbocycles. The molecule has 1 aromatic heterocycles. The second kappa shape index (κ2) is 4.67. The molecular formula is C7H2Cl2F2N2O3. The summed E-state index contributed by atoms with van der Waals surface area (Å²) in [7, 11) is 0. The number of aromatic nitrogens is 1. The molecule has 0 spiro atoms. The maximum Gasteiger partial charge on any atom is 0.300 e. The van der Waals surface area contributed by atoms with Gasteiger partial charge in [-0.25, -0.2) is 13.8 Å². The minimum Gasteiger partial charge on any atom is -0.275 e. The molecule has 0 saturated heterocycles. The predicted molar refractivity (Wildman–Crippen MR) is 51.0 cm³/mol. The lowest BCUT2D eigenvalue weighted by Gasteiger charge is -2.06. The van der Waals surface area contributed by atoms with Gasteiger partial charge in [0.1, 0.15) is 16.9 Å². The molecule has 0 aromatic carbocycles. The van der Waals surface area contributed by atoms with Crippen LogP contribution in [0.5, 0.6) is 0 Å². The molecule has 86 valence electrons. The number of nitro groups is 1. The van der Waals surface area contributed by atoms with Crippen molar-refractivity contribution in [3.05, 3.63) is 32.6 Å². The van der Waals surface area contributed by atoms with Crippen LogP contribution in [-0.2, 0) is 0 Å². The summed E-state index contributed by atoms with van der Waals surface area (Å²) in [6.07, 6.45) is -2.58. The molecule has 0 N–H and O–H groups in total. The third kappa shape index (κ3) is 2.25. The minimum absolute atomic E-state index is 0.601. The number of nitrogens with zero attached hydrogens (tertiary/aromatic N) is 2. The van der Waals surface area contributed by atoms with E-state index in [1.807, 2.05) is 0 Å². The summed E-state index contributed by atoms with van der Waals surface area (Å²) < 4.78 is 25.1. The molecule has 0 aliphatic heterocycles. The summed E-state index contributed by atoms with van der Waals surface area (Å²) in [6, 6.07) is 0. The summed E-state index contributed by atoms with van der Waals surface area (Å²) in [4.78, 5) is 23.5. The van der Waals surface area contributed by atoms with Crippen LogP contribution in [0.4, 0.5) is 14.5 Å². The Bertz CT molecular complexity index is 467. The topological polar surface area (TPSA) is 73.1 Å². The number of alkyl halides is 2. The zero-order valence-electron chi connectivity index (χ0n) is 7.29. The molecule has 0 aliphatic rings. The van der Waals surface area contributed by atoms with E-state index in [1.54, 1.807) is 0 Å². The maximum absolute atomic E-state index is 12.5. The van der Waals surface area contributed by atoms with Crippen molar-refractivity contribution in [2.45, 2.75) is 6.43 Å². The first-order valence-electron chi connectivity index (χ1n) is 3.67. The van der Waals surface area contributed by atoms with Crippen LogP contribution < -0.4 is 0 Å².